The predicted molar refractivity (Wildman–Crippen MR) is 66.1 cm³/mol. The fourth-order valence-corrected chi connectivity index (χ4v) is 1.86. The third kappa shape index (κ3) is 1.58. The number of imidazole rings is 1. The molecule has 4 nitrogen and oxygen atoms in total. The maximum atomic E-state index is 4.39. The molecule has 0 radical (unpaired) electrons. The van der Waals surface area contributed by atoms with E-state index in [4.69, 9.17) is 0 Å². The molecule has 0 aliphatic rings. The standard InChI is InChI=1S/C13H12N4/c1-9-5-11-12(6-10(9)2)17(8-16-11)13-7-14-3-4-15-13/h3-8H,1-2H3. The SMILES string of the molecule is Cc1cc2ncn(-c3cnccn3)c2cc1C. The van der Waals surface area contributed by atoms with Crippen LogP contribution in [-0.2, 0) is 0 Å². The van der Waals surface area contributed by atoms with Crippen molar-refractivity contribution in [1.82, 2.24) is 19.5 Å². The Morgan fingerprint density at radius 2 is 1.82 bits per heavy atom. The summed E-state index contributed by atoms with van der Waals surface area (Å²) in [5.74, 6) is 0.790. The van der Waals surface area contributed by atoms with Gasteiger partial charge >= 0.3 is 0 Å². The zero-order chi connectivity index (χ0) is 11.8. The molecule has 0 fully saturated rings. The Hall–Kier alpha value is -2.23. The number of nitrogens with zero attached hydrogens (tertiary/aromatic N) is 4. The summed E-state index contributed by atoms with van der Waals surface area (Å²) in [6.07, 6.45) is 6.87. The van der Waals surface area contributed by atoms with Crippen molar-refractivity contribution < 1.29 is 0 Å². The zero-order valence-electron chi connectivity index (χ0n) is 9.75. The third-order valence-corrected chi connectivity index (χ3v) is 2.96. The molecule has 0 spiro atoms. The minimum atomic E-state index is 0.790. The fourth-order valence-electron chi connectivity index (χ4n) is 1.86. The van der Waals surface area contributed by atoms with Crippen LogP contribution in [0.15, 0.2) is 37.1 Å². The van der Waals surface area contributed by atoms with Crippen LogP contribution in [0.5, 0.6) is 0 Å². The Balaban J connectivity index is 2.29. The van der Waals surface area contributed by atoms with Crippen LogP contribution >= 0.6 is 0 Å². The van der Waals surface area contributed by atoms with E-state index in [9.17, 15) is 0 Å². The van der Waals surface area contributed by atoms with Gasteiger partial charge in [0.2, 0.25) is 0 Å². The van der Waals surface area contributed by atoms with Gasteiger partial charge in [0.1, 0.15) is 6.33 Å². The van der Waals surface area contributed by atoms with Crippen LogP contribution in [0, 0.1) is 13.8 Å². The first-order valence-corrected chi connectivity index (χ1v) is 5.46. The second kappa shape index (κ2) is 3.66. The minimum Gasteiger partial charge on any atom is -0.282 e. The molecule has 17 heavy (non-hydrogen) atoms. The van der Waals surface area contributed by atoms with Gasteiger partial charge in [-0.15, -0.1) is 0 Å². The summed E-state index contributed by atoms with van der Waals surface area (Å²) in [6.45, 7) is 4.19. The van der Waals surface area contributed by atoms with E-state index in [0.29, 0.717) is 0 Å². The summed E-state index contributed by atoms with van der Waals surface area (Å²) in [6, 6.07) is 4.23. The largest absolute Gasteiger partial charge is 0.282 e. The summed E-state index contributed by atoms with van der Waals surface area (Å²) < 4.78 is 1.95. The van der Waals surface area contributed by atoms with Crippen molar-refractivity contribution in [2.24, 2.45) is 0 Å². The molecule has 0 unspecified atom stereocenters. The lowest BCUT2D eigenvalue weighted by Gasteiger charge is -2.04. The molecule has 84 valence electrons. The number of hydrogen-bond acceptors (Lipinski definition) is 3. The van der Waals surface area contributed by atoms with Gasteiger partial charge < -0.3 is 0 Å². The van der Waals surface area contributed by atoms with Crippen LogP contribution < -0.4 is 0 Å². The molecule has 3 rings (SSSR count). The van der Waals surface area contributed by atoms with Gasteiger partial charge in [-0.3, -0.25) is 9.55 Å². The monoisotopic (exact) mass is 224 g/mol. The normalized spacial score (nSPS) is 10.9. The fraction of sp³-hybridized carbons (Fsp3) is 0.154. The van der Waals surface area contributed by atoms with Crippen LogP contribution in [0.4, 0.5) is 0 Å². The lowest BCUT2D eigenvalue weighted by atomic mass is 10.1. The Morgan fingerprint density at radius 1 is 1.00 bits per heavy atom. The highest BCUT2D eigenvalue weighted by atomic mass is 15.1. The van der Waals surface area contributed by atoms with E-state index < -0.39 is 0 Å². The van der Waals surface area contributed by atoms with Crippen molar-refractivity contribution in [3.63, 3.8) is 0 Å². The second-order valence-corrected chi connectivity index (χ2v) is 4.10. The molecule has 2 aromatic heterocycles. The van der Waals surface area contributed by atoms with Gasteiger partial charge in [-0.2, -0.15) is 0 Å². The molecule has 0 N–H and O–H groups in total. The summed E-state index contributed by atoms with van der Waals surface area (Å²) in [5, 5.41) is 0. The lowest BCUT2D eigenvalue weighted by Crippen LogP contribution is -1.96. The van der Waals surface area contributed by atoms with E-state index in [1.165, 1.54) is 11.1 Å². The average molecular weight is 224 g/mol. The number of fused-ring (bicyclic) bond motifs is 1. The van der Waals surface area contributed by atoms with E-state index in [0.717, 1.165) is 16.9 Å². The van der Waals surface area contributed by atoms with Gasteiger partial charge in [0.15, 0.2) is 5.82 Å². The quantitative estimate of drug-likeness (QED) is 0.637. The molecule has 0 bridgehead atoms. The van der Waals surface area contributed by atoms with E-state index in [2.05, 4.69) is 40.9 Å². The highest BCUT2D eigenvalue weighted by Gasteiger charge is 2.07. The Kier molecular flexibility index (Phi) is 2.14. The molecule has 3 aromatic rings. The number of rotatable bonds is 1. The molecule has 4 heteroatoms. The molecule has 0 saturated carbocycles. The smallest absolute Gasteiger partial charge is 0.156 e. The molecular formula is C13H12N4. The van der Waals surface area contributed by atoms with Crippen molar-refractivity contribution in [3.05, 3.63) is 48.2 Å². The Labute approximate surface area is 99.0 Å². The van der Waals surface area contributed by atoms with E-state index in [-0.39, 0.29) is 0 Å². The van der Waals surface area contributed by atoms with Gasteiger partial charge in [0, 0.05) is 12.4 Å². The highest BCUT2D eigenvalue weighted by Crippen LogP contribution is 2.20. The Bertz CT molecular complexity index is 670. The van der Waals surface area contributed by atoms with Gasteiger partial charge in [0.05, 0.1) is 17.2 Å². The summed E-state index contributed by atoms with van der Waals surface area (Å²) in [4.78, 5) is 12.8. The lowest BCUT2D eigenvalue weighted by molar-refractivity contribution is 0.995. The van der Waals surface area contributed by atoms with Crippen molar-refractivity contribution in [2.75, 3.05) is 0 Å². The summed E-state index contributed by atoms with van der Waals surface area (Å²) in [5.41, 5.74) is 4.55. The van der Waals surface area contributed by atoms with Crippen LogP contribution in [0.3, 0.4) is 0 Å². The summed E-state index contributed by atoms with van der Waals surface area (Å²) >= 11 is 0. The molecular weight excluding hydrogens is 212 g/mol. The van der Waals surface area contributed by atoms with Crippen molar-refractivity contribution in [2.45, 2.75) is 13.8 Å². The molecule has 0 amide bonds. The number of hydrogen-bond donors (Lipinski definition) is 0. The van der Waals surface area contributed by atoms with E-state index in [1.807, 2.05) is 4.57 Å². The number of aromatic nitrogens is 4. The topological polar surface area (TPSA) is 43.6 Å². The molecule has 1 aromatic carbocycles. The van der Waals surface area contributed by atoms with Crippen LogP contribution in [0.2, 0.25) is 0 Å². The van der Waals surface area contributed by atoms with Crippen LogP contribution in [0.25, 0.3) is 16.9 Å². The van der Waals surface area contributed by atoms with Crippen LogP contribution in [-0.4, -0.2) is 19.5 Å². The number of benzene rings is 1. The van der Waals surface area contributed by atoms with E-state index in [1.54, 1.807) is 24.9 Å². The first-order valence-electron chi connectivity index (χ1n) is 5.46. The maximum absolute atomic E-state index is 4.39. The van der Waals surface area contributed by atoms with Crippen molar-refractivity contribution in [1.29, 1.82) is 0 Å². The molecule has 2 heterocycles. The average Bonchev–Trinajstić information content (AvgIpc) is 2.74. The van der Waals surface area contributed by atoms with E-state index >= 15 is 0 Å². The third-order valence-electron chi connectivity index (χ3n) is 2.96. The van der Waals surface area contributed by atoms with Crippen molar-refractivity contribution in [3.8, 4) is 5.82 Å². The first kappa shape index (κ1) is 9.96. The zero-order valence-corrected chi connectivity index (χ0v) is 9.75. The number of aryl methyl sites for hydroxylation is 2. The van der Waals surface area contributed by atoms with Gasteiger partial charge in [-0.05, 0) is 37.1 Å². The van der Waals surface area contributed by atoms with Gasteiger partial charge in [-0.1, -0.05) is 0 Å². The first-order chi connectivity index (χ1) is 8.25. The van der Waals surface area contributed by atoms with Gasteiger partial charge in [-0.25, -0.2) is 9.97 Å². The van der Waals surface area contributed by atoms with Crippen LogP contribution in [0.1, 0.15) is 11.1 Å². The second-order valence-electron chi connectivity index (χ2n) is 4.10. The Morgan fingerprint density at radius 3 is 2.59 bits per heavy atom. The van der Waals surface area contributed by atoms with Gasteiger partial charge in [0.25, 0.3) is 0 Å². The van der Waals surface area contributed by atoms with Crippen molar-refractivity contribution >= 4 is 11.0 Å². The summed E-state index contributed by atoms with van der Waals surface area (Å²) in [7, 11) is 0. The molecule has 0 atom stereocenters. The highest BCUT2D eigenvalue weighted by molar-refractivity contribution is 5.78. The molecule has 0 saturated heterocycles. The maximum Gasteiger partial charge on any atom is 0.156 e. The molecule has 0 aliphatic heterocycles. The molecule has 0 aliphatic carbocycles. The predicted octanol–water partition coefficient (Wildman–Crippen LogP) is 2.43. The minimum absolute atomic E-state index is 0.790.